The van der Waals surface area contributed by atoms with Gasteiger partial charge in [0, 0.05) is 25.0 Å². The lowest BCUT2D eigenvalue weighted by atomic mass is 9.98. The van der Waals surface area contributed by atoms with Crippen LogP contribution in [0.1, 0.15) is 21.7 Å². The van der Waals surface area contributed by atoms with E-state index in [9.17, 15) is 4.79 Å². The Bertz CT molecular complexity index is 687. The molecule has 0 aliphatic carbocycles. The molecule has 2 heterocycles. The lowest BCUT2D eigenvalue weighted by molar-refractivity contribution is 0.0587. The van der Waals surface area contributed by atoms with Gasteiger partial charge in [-0.2, -0.15) is 0 Å². The highest BCUT2D eigenvalue weighted by Gasteiger charge is 2.20. The van der Waals surface area contributed by atoms with Crippen LogP contribution in [0.25, 0.3) is 0 Å². The van der Waals surface area contributed by atoms with Gasteiger partial charge in [-0.3, -0.25) is 0 Å². The number of methoxy groups -OCH3 is 1. The topological polar surface area (TPSA) is 81.3 Å². The van der Waals surface area contributed by atoms with Gasteiger partial charge in [0.25, 0.3) is 0 Å². The highest BCUT2D eigenvalue weighted by atomic mass is 16.5. The van der Waals surface area contributed by atoms with E-state index in [0.29, 0.717) is 0 Å². The van der Waals surface area contributed by atoms with Crippen LogP contribution in [0.5, 0.6) is 0 Å². The van der Waals surface area contributed by atoms with Crippen LogP contribution >= 0.6 is 0 Å². The third-order valence-corrected chi connectivity index (χ3v) is 3.64. The van der Waals surface area contributed by atoms with Crippen LogP contribution in [0, 0.1) is 0 Å². The molecular weight excluding hydrogens is 268 g/mol. The summed E-state index contributed by atoms with van der Waals surface area (Å²) in [6.07, 6.45) is 2.43. The molecule has 1 aliphatic rings. The van der Waals surface area contributed by atoms with Gasteiger partial charge in [-0.05, 0) is 29.7 Å². The summed E-state index contributed by atoms with van der Waals surface area (Å²) in [5, 5.41) is 0. The Morgan fingerprint density at radius 2 is 2.24 bits per heavy atom. The molecule has 2 N–H and O–H groups in total. The maximum atomic E-state index is 11.5. The second kappa shape index (κ2) is 5.40. The number of hydrogen-bond acceptors (Lipinski definition) is 6. The van der Waals surface area contributed by atoms with E-state index < -0.39 is 5.97 Å². The lowest BCUT2D eigenvalue weighted by Gasteiger charge is -2.30. The van der Waals surface area contributed by atoms with Crippen molar-refractivity contribution < 1.29 is 9.53 Å². The molecule has 1 aromatic heterocycles. The van der Waals surface area contributed by atoms with Crippen LogP contribution in [0.3, 0.4) is 0 Å². The van der Waals surface area contributed by atoms with Crippen molar-refractivity contribution in [3.63, 3.8) is 0 Å². The number of hydrogen-bond donors (Lipinski definition) is 1. The third-order valence-electron chi connectivity index (χ3n) is 3.64. The molecule has 6 nitrogen and oxygen atoms in total. The number of benzene rings is 1. The Morgan fingerprint density at radius 1 is 1.38 bits per heavy atom. The minimum absolute atomic E-state index is 0.0772. The first-order valence-corrected chi connectivity index (χ1v) is 6.71. The fourth-order valence-electron chi connectivity index (χ4n) is 2.55. The molecule has 0 saturated heterocycles. The molecule has 0 amide bonds. The molecule has 0 spiro atoms. The van der Waals surface area contributed by atoms with Crippen molar-refractivity contribution >= 4 is 17.5 Å². The number of nitrogen functional groups attached to an aromatic ring is 1. The number of rotatable bonds is 2. The van der Waals surface area contributed by atoms with Crippen molar-refractivity contribution in [3.05, 3.63) is 47.4 Å². The first-order valence-electron chi connectivity index (χ1n) is 6.71. The van der Waals surface area contributed by atoms with E-state index in [1.54, 1.807) is 12.3 Å². The number of carbonyl (C=O) groups is 1. The molecule has 6 heteroatoms. The third kappa shape index (κ3) is 2.52. The van der Waals surface area contributed by atoms with Crippen molar-refractivity contribution in [2.24, 2.45) is 0 Å². The quantitative estimate of drug-likeness (QED) is 0.663. The summed E-state index contributed by atoms with van der Waals surface area (Å²) < 4.78 is 4.65. The Hall–Kier alpha value is -2.63. The standard InChI is InChI=1S/C15H16N4O2/c1-21-15(20)14-17-7-5-13(18-14)19-8-6-11-10(9-19)3-2-4-12(11)16/h2-5,7H,6,8-9,16H2,1H3. The molecular formula is C15H16N4O2. The number of nitrogens with two attached hydrogens (primary N) is 1. The van der Waals surface area contributed by atoms with Crippen LogP contribution in [0.15, 0.2) is 30.5 Å². The molecule has 0 fully saturated rings. The molecule has 108 valence electrons. The summed E-state index contributed by atoms with van der Waals surface area (Å²) in [5.74, 6) is 0.269. The molecule has 0 unspecified atom stereocenters. The fraction of sp³-hybridized carbons (Fsp3) is 0.267. The number of ether oxygens (including phenoxy) is 1. The first-order chi connectivity index (χ1) is 10.2. The van der Waals surface area contributed by atoms with E-state index in [1.807, 2.05) is 12.1 Å². The average molecular weight is 284 g/mol. The summed E-state index contributed by atoms with van der Waals surface area (Å²) in [5.41, 5.74) is 9.24. The lowest BCUT2D eigenvalue weighted by Crippen LogP contribution is -2.32. The molecule has 0 saturated carbocycles. The Balaban J connectivity index is 1.88. The maximum Gasteiger partial charge on any atom is 0.376 e. The van der Waals surface area contributed by atoms with E-state index in [4.69, 9.17) is 5.73 Å². The Kier molecular flexibility index (Phi) is 3.43. The van der Waals surface area contributed by atoms with Crippen molar-refractivity contribution in [2.45, 2.75) is 13.0 Å². The molecule has 1 aromatic carbocycles. The van der Waals surface area contributed by atoms with Gasteiger partial charge in [0.1, 0.15) is 5.82 Å². The Morgan fingerprint density at radius 3 is 3.05 bits per heavy atom. The normalized spacial score (nSPS) is 13.7. The number of esters is 1. The number of carbonyl (C=O) groups excluding carboxylic acids is 1. The predicted molar refractivity (Wildman–Crippen MR) is 79.0 cm³/mol. The smallest absolute Gasteiger partial charge is 0.376 e. The fourth-order valence-corrected chi connectivity index (χ4v) is 2.55. The number of aromatic nitrogens is 2. The van der Waals surface area contributed by atoms with Crippen LogP contribution in [-0.4, -0.2) is 29.6 Å². The van der Waals surface area contributed by atoms with Crippen LogP contribution < -0.4 is 10.6 Å². The second-order valence-electron chi connectivity index (χ2n) is 4.89. The Labute approximate surface area is 122 Å². The van der Waals surface area contributed by atoms with E-state index in [-0.39, 0.29) is 5.82 Å². The van der Waals surface area contributed by atoms with Crippen LogP contribution in [-0.2, 0) is 17.7 Å². The van der Waals surface area contributed by atoms with Gasteiger partial charge in [0.15, 0.2) is 0 Å². The van der Waals surface area contributed by atoms with Crippen molar-refractivity contribution in [2.75, 3.05) is 24.3 Å². The van der Waals surface area contributed by atoms with Gasteiger partial charge in [-0.1, -0.05) is 12.1 Å². The molecule has 0 atom stereocenters. The number of fused-ring (bicyclic) bond motifs is 1. The molecule has 0 bridgehead atoms. The minimum Gasteiger partial charge on any atom is -0.463 e. The van der Waals surface area contributed by atoms with Crippen molar-refractivity contribution in [1.82, 2.24) is 9.97 Å². The van der Waals surface area contributed by atoms with E-state index in [1.165, 1.54) is 18.2 Å². The predicted octanol–water partition coefficient (Wildman–Crippen LogP) is 1.41. The zero-order valence-electron chi connectivity index (χ0n) is 11.7. The van der Waals surface area contributed by atoms with Crippen molar-refractivity contribution in [1.29, 1.82) is 0 Å². The SMILES string of the molecule is COC(=O)c1nccc(N2CCc3c(N)cccc3C2)n1. The monoisotopic (exact) mass is 284 g/mol. The minimum atomic E-state index is -0.529. The largest absolute Gasteiger partial charge is 0.463 e. The summed E-state index contributed by atoms with van der Waals surface area (Å²) in [7, 11) is 1.32. The van der Waals surface area contributed by atoms with Gasteiger partial charge in [0.05, 0.1) is 7.11 Å². The average Bonchev–Trinajstić information content (AvgIpc) is 2.54. The summed E-state index contributed by atoms with van der Waals surface area (Å²) >= 11 is 0. The summed E-state index contributed by atoms with van der Waals surface area (Å²) in [6, 6.07) is 7.75. The second-order valence-corrected chi connectivity index (χ2v) is 4.89. The van der Waals surface area contributed by atoms with E-state index in [2.05, 4.69) is 25.7 Å². The zero-order chi connectivity index (χ0) is 14.8. The van der Waals surface area contributed by atoms with Gasteiger partial charge < -0.3 is 15.4 Å². The molecule has 3 rings (SSSR count). The van der Waals surface area contributed by atoms with Gasteiger partial charge in [-0.15, -0.1) is 0 Å². The van der Waals surface area contributed by atoms with Crippen molar-refractivity contribution in [3.8, 4) is 0 Å². The summed E-state index contributed by atoms with van der Waals surface area (Å²) in [4.78, 5) is 21.8. The molecule has 2 aromatic rings. The number of nitrogens with zero attached hydrogens (tertiary/aromatic N) is 3. The van der Waals surface area contributed by atoms with Gasteiger partial charge in [0.2, 0.25) is 5.82 Å². The van der Waals surface area contributed by atoms with E-state index >= 15 is 0 Å². The molecule has 0 radical (unpaired) electrons. The number of anilines is 2. The van der Waals surface area contributed by atoms with Crippen LogP contribution in [0.2, 0.25) is 0 Å². The highest BCUT2D eigenvalue weighted by molar-refractivity contribution is 5.85. The molecule has 1 aliphatic heterocycles. The van der Waals surface area contributed by atoms with Gasteiger partial charge >= 0.3 is 5.97 Å². The zero-order valence-corrected chi connectivity index (χ0v) is 11.7. The first kappa shape index (κ1) is 13.4. The molecule has 21 heavy (non-hydrogen) atoms. The summed E-state index contributed by atoms with van der Waals surface area (Å²) in [6.45, 7) is 1.52. The van der Waals surface area contributed by atoms with Gasteiger partial charge in [-0.25, -0.2) is 14.8 Å². The highest BCUT2D eigenvalue weighted by Crippen LogP contribution is 2.26. The maximum absolute atomic E-state index is 11.5. The van der Waals surface area contributed by atoms with E-state index in [0.717, 1.165) is 31.0 Å². The van der Waals surface area contributed by atoms with Crippen LogP contribution in [0.4, 0.5) is 11.5 Å².